The zero-order valence-corrected chi connectivity index (χ0v) is 12.3. The molecule has 90 valence electrons. The second-order valence-corrected chi connectivity index (χ2v) is 7.85. The fourth-order valence-electron chi connectivity index (χ4n) is 2.62. The Labute approximate surface area is 110 Å². The molecule has 2 rings (SSSR count). The molecular formula is C13H19BrOS. The molecule has 0 saturated heterocycles. The largest absolute Gasteiger partial charge is 0.390 e. The van der Waals surface area contributed by atoms with Crippen LogP contribution in [0.3, 0.4) is 0 Å². The van der Waals surface area contributed by atoms with Crippen LogP contribution in [0.4, 0.5) is 0 Å². The lowest BCUT2D eigenvalue weighted by Gasteiger charge is -2.39. The lowest BCUT2D eigenvalue weighted by atomic mass is 9.72. The third-order valence-electron chi connectivity index (χ3n) is 3.87. The molecule has 1 aromatic rings. The van der Waals surface area contributed by atoms with Crippen molar-refractivity contribution >= 4 is 27.3 Å². The smallest absolute Gasteiger partial charge is 0.0701 e. The Hall–Kier alpha value is 0.140. The molecule has 1 heterocycles. The first kappa shape index (κ1) is 12.6. The SMILES string of the molecule is CC1CCC(O)(Cc2ccc(Br)s2)CC1C. The highest BCUT2D eigenvalue weighted by Gasteiger charge is 2.36. The van der Waals surface area contributed by atoms with Gasteiger partial charge in [-0.2, -0.15) is 0 Å². The zero-order valence-electron chi connectivity index (χ0n) is 9.87. The summed E-state index contributed by atoms with van der Waals surface area (Å²) >= 11 is 5.21. The van der Waals surface area contributed by atoms with Gasteiger partial charge in [-0.3, -0.25) is 0 Å². The molecule has 1 saturated carbocycles. The Morgan fingerprint density at radius 3 is 2.75 bits per heavy atom. The normalized spacial score (nSPS) is 35.2. The van der Waals surface area contributed by atoms with E-state index in [2.05, 4.69) is 41.9 Å². The third-order valence-corrected chi connectivity index (χ3v) is 5.49. The van der Waals surface area contributed by atoms with E-state index in [0.29, 0.717) is 5.92 Å². The number of halogens is 1. The van der Waals surface area contributed by atoms with Gasteiger partial charge in [-0.05, 0) is 59.2 Å². The van der Waals surface area contributed by atoms with E-state index in [1.165, 1.54) is 4.88 Å². The van der Waals surface area contributed by atoms with Crippen LogP contribution in [-0.4, -0.2) is 10.7 Å². The maximum Gasteiger partial charge on any atom is 0.0701 e. The molecule has 1 aromatic heterocycles. The first-order valence-electron chi connectivity index (χ1n) is 5.95. The lowest BCUT2D eigenvalue weighted by Crippen LogP contribution is -2.39. The Kier molecular flexibility index (Phi) is 3.77. The standard InChI is InChI=1S/C13H19BrOS/c1-9-5-6-13(15,7-10(9)2)8-11-3-4-12(14)16-11/h3-4,9-10,15H,5-8H2,1-2H3. The van der Waals surface area contributed by atoms with E-state index in [-0.39, 0.29) is 0 Å². The minimum Gasteiger partial charge on any atom is -0.390 e. The predicted molar refractivity (Wildman–Crippen MR) is 72.9 cm³/mol. The summed E-state index contributed by atoms with van der Waals surface area (Å²) in [7, 11) is 0. The topological polar surface area (TPSA) is 20.2 Å². The quantitative estimate of drug-likeness (QED) is 0.866. The Balaban J connectivity index is 2.03. The minimum atomic E-state index is -0.462. The van der Waals surface area contributed by atoms with E-state index < -0.39 is 5.60 Å². The molecule has 1 fully saturated rings. The van der Waals surface area contributed by atoms with Crippen LogP contribution in [0, 0.1) is 11.8 Å². The molecule has 1 aliphatic rings. The van der Waals surface area contributed by atoms with Crippen LogP contribution in [0.1, 0.15) is 38.0 Å². The number of aliphatic hydroxyl groups is 1. The zero-order chi connectivity index (χ0) is 11.8. The van der Waals surface area contributed by atoms with Gasteiger partial charge in [0.15, 0.2) is 0 Å². The van der Waals surface area contributed by atoms with Crippen molar-refractivity contribution in [2.75, 3.05) is 0 Å². The van der Waals surface area contributed by atoms with Crippen LogP contribution in [0.5, 0.6) is 0 Å². The molecule has 3 atom stereocenters. The molecule has 3 heteroatoms. The van der Waals surface area contributed by atoms with Crippen molar-refractivity contribution in [2.24, 2.45) is 11.8 Å². The summed E-state index contributed by atoms with van der Waals surface area (Å²) in [4.78, 5) is 1.29. The maximum absolute atomic E-state index is 10.6. The van der Waals surface area contributed by atoms with E-state index in [1.54, 1.807) is 11.3 Å². The van der Waals surface area contributed by atoms with Gasteiger partial charge in [0.25, 0.3) is 0 Å². The minimum absolute atomic E-state index is 0.462. The van der Waals surface area contributed by atoms with Crippen LogP contribution < -0.4 is 0 Å². The maximum atomic E-state index is 10.6. The first-order valence-corrected chi connectivity index (χ1v) is 7.56. The molecule has 16 heavy (non-hydrogen) atoms. The highest BCUT2D eigenvalue weighted by atomic mass is 79.9. The number of hydrogen-bond donors (Lipinski definition) is 1. The van der Waals surface area contributed by atoms with Crippen LogP contribution in [0.15, 0.2) is 15.9 Å². The summed E-state index contributed by atoms with van der Waals surface area (Å²) in [5.74, 6) is 1.40. The summed E-state index contributed by atoms with van der Waals surface area (Å²) in [6.45, 7) is 4.56. The molecule has 0 aromatic carbocycles. The highest BCUT2D eigenvalue weighted by Crippen LogP contribution is 2.39. The van der Waals surface area contributed by atoms with Gasteiger partial charge in [-0.1, -0.05) is 13.8 Å². The van der Waals surface area contributed by atoms with Crippen LogP contribution in [-0.2, 0) is 6.42 Å². The number of rotatable bonds is 2. The molecular weight excluding hydrogens is 284 g/mol. The molecule has 0 spiro atoms. The molecule has 1 aliphatic carbocycles. The molecule has 0 aliphatic heterocycles. The Morgan fingerprint density at radius 2 is 2.19 bits per heavy atom. The van der Waals surface area contributed by atoms with E-state index >= 15 is 0 Å². The summed E-state index contributed by atoms with van der Waals surface area (Å²) in [5.41, 5.74) is -0.462. The van der Waals surface area contributed by atoms with E-state index in [0.717, 1.165) is 35.4 Å². The average molecular weight is 303 g/mol. The summed E-state index contributed by atoms with van der Waals surface area (Å²) in [6.07, 6.45) is 3.88. The van der Waals surface area contributed by atoms with Gasteiger partial charge in [-0.25, -0.2) is 0 Å². The summed E-state index contributed by atoms with van der Waals surface area (Å²) in [5, 5.41) is 10.6. The monoisotopic (exact) mass is 302 g/mol. The summed E-state index contributed by atoms with van der Waals surface area (Å²) in [6, 6.07) is 4.19. The molecule has 1 N–H and O–H groups in total. The van der Waals surface area contributed by atoms with E-state index in [4.69, 9.17) is 0 Å². The summed E-state index contributed by atoms with van der Waals surface area (Å²) < 4.78 is 1.16. The van der Waals surface area contributed by atoms with Gasteiger partial charge in [0, 0.05) is 11.3 Å². The molecule has 1 nitrogen and oxygen atoms in total. The highest BCUT2D eigenvalue weighted by molar-refractivity contribution is 9.11. The molecule has 0 amide bonds. The van der Waals surface area contributed by atoms with Crippen molar-refractivity contribution in [3.63, 3.8) is 0 Å². The first-order chi connectivity index (χ1) is 7.48. The van der Waals surface area contributed by atoms with Crippen molar-refractivity contribution in [2.45, 2.75) is 45.1 Å². The second-order valence-electron chi connectivity index (χ2n) is 5.30. The van der Waals surface area contributed by atoms with Crippen LogP contribution >= 0.6 is 27.3 Å². The third kappa shape index (κ3) is 2.88. The van der Waals surface area contributed by atoms with Gasteiger partial charge < -0.3 is 5.11 Å². The van der Waals surface area contributed by atoms with Crippen molar-refractivity contribution in [1.29, 1.82) is 0 Å². The van der Waals surface area contributed by atoms with Gasteiger partial charge in [-0.15, -0.1) is 11.3 Å². The average Bonchev–Trinajstić information content (AvgIpc) is 2.58. The van der Waals surface area contributed by atoms with E-state index in [9.17, 15) is 5.11 Å². The molecule has 3 unspecified atom stereocenters. The Bertz CT molecular complexity index is 363. The fourth-order valence-corrected chi connectivity index (χ4v) is 4.23. The second kappa shape index (κ2) is 4.79. The lowest BCUT2D eigenvalue weighted by molar-refractivity contribution is -0.0273. The van der Waals surface area contributed by atoms with Crippen molar-refractivity contribution in [3.05, 3.63) is 20.8 Å². The fraction of sp³-hybridized carbons (Fsp3) is 0.692. The van der Waals surface area contributed by atoms with Crippen LogP contribution in [0.2, 0.25) is 0 Å². The van der Waals surface area contributed by atoms with Crippen LogP contribution in [0.25, 0.3) is 0 Å². The van der Waals surface area contributed by atoms with Crippen molar-refractivity contribution < 1.29 is 5.11 Å². The number of thiophene rings is 1. The number of hydrogen-bond acceptors (Lipinski definition) is 2. The molecule has 0 radical (unpaired) electrons. The van der Waals surface area contributed by atoms with Gasteiger partial charge in [0.1, 0.15) is 0 Å². The molecule has 0 bridgehead atoms. The van der Waals surface area contributed by atoms with Gasteiger partial charge in [0.2, 0.25) is 0 Å². The Morgan fingerprint density at radius 1 is 1.44 bits per heavy atom. The van der Waals surface area contributed by atoms with Gasteiger partial charge in [0.05, 0.1) is 9.39 Å². The van der Waals surface area contributed by atoms with Crippen molar-refractivity contribution in [1.82, 2.24) is 0 Å². The predicted octanol–water partition coefficient (Wildman–Crippen LogP) is 4.24. The van der Waals surface area contributed by atoms with Crippen molar-refractivity contribution in [3.8, 4) is 0 Å². The van der Waals surface area contributed by atoms with E-state index in [1.807, 2.05) is 0 Å². The van der Waals surface area contributed by atoms with Gasteiger partial charge >= 0.3 is 0 Å².